The number of ketones is 1. The maximum atomic E-state index is 14.0. The maximum Gasteiger partial charge on any atom is 0.407 e. The van der Waals surface area contributed by atoms with Gasteiger partial charge in [0, 0.05) is 17.9 Å². The lowest BCUT2D eigenvalue weighted by Gasteiger charge is -2.50. The molecule has 2 bridgehead atoms. The average Bonchev–Trinajstić information content (AvgIpc) is 2.83. The SMILES string of the molecule is CCC[C@H](CC(=O)[C@]1(O[Si](C)(C)C)C[C@H]2CC[C@]1(C)C2(C)C)NC(=O)OC(C)(C)C. The number of hydrogen-bond acceptors (Lipinski definition) is 4. The minimum atomic E-state index is -1.97. The van der Waals surface area contributed by atoms with Gasteiger partial charge in [0.05, 0.1) is 0 Å². The van der Waals surface area contributed by atoms with Crippen LogP contribution in [0.15, 0.2) is 0 Å². The van der Waals surface area contributed by atoms with E-state index in [1.807, 2.05) is 20.8 Å². The summed E-state index contributed by atoms with van der Waals surface area (Å²) in [7, 11) is -1.97. The molecule has 0 aromatic heterocycles. The lowest BCUT2D eigenvalue weighted by Crippen LogP contribution is -2.59. The van der Waals surface area contributed by atoms with Gasteiger partial charge >= 0.3 is 6.09 Å². The fraction of sp³-hybridized carbons (Fsp3) is 0.917. The van der Waals surface area contributed by atoms with Crippen LogP contribution in [-0.2, 0) is 14.0 Å². The van der Waals surface area contributed by atoms with Crippen molar-refractivity contribution < 1.29 is 18.8 Å². The molecule has 0 spiro atoms. The standard InChI is InChI=1S/C24H45NO4Si/c1-11-12-18(25-20(27)28-21(2,3)4)15-19(26)24(29-30(8,9)10)16-17-13-14-23(24,7)22(17,5)6/h17-18H,11-16H2,1-10H3,(H,25,27)/t17-,18-,23-,24-/m1/s1. The molecule has 2 fully saturated rings. The molecule has 0 radical (unpaired) electrons. The quantitative estimate of drug-likeness (QED) is 0.466. The van der Waals surface area contributed by atoms with Crippen molar-refractivity contribution in [3.05, 3.63) is 0 Å². The number of amides is 1. The van der Waals surface area contributed by atoms with E-state index in [2.05, 4.69) is 52.7 Å². The molecule has 0 aliphatic heterocycles. The molecule has 1 amide bonds. The van der Waals surface area contributed by atoms with E-state index in [-0.39, 0.29) is 22.7 Å². The molecular weight excluding hydrogens is 394 g/mol. The van der Waals surface area contributed by atoms with Gasteiger partial charge in [0.1, 0.15) is 11.2 Å². The van der Waals surface area contributed by atoms with Crippen molar-refractivity contribution in [1.29, 1.82) is 0 Å². The number of nitrogens with one attached hydrogen (secondary N) is 1. The van der Waals surface area contributed by atoms with Gasteiger partial charge in [-0.25, -0.2) is 4.79 Å². The number of hydrogen-bond donors (Lipinski definition) is 1. The van der Waals surface area contributed by atoms with Gasteiger partial charge in [-0.05, 0) is 77.4 Å². The minimum absolute atomic E-state index is 0.0706. The zero-order valence-corrected chi connectivity index (χ0v) is 22.0. The predicted molar refractivity (Wildman–Crippen MR) is 124 cm³/mol. The summed E-state index contributed by atoms with van der Waals surface area (Å²) in [4.78, 5) is 26.4. The van der Waals surface area contributed by atoms with Gasteiger partial charge in [0.15, 0.2) is 14.1 Å². The molecule has 0 aromatic carbocycles. The third-order valence-corrected chi connectivity index (χ3v) is 8.54. The lowest BCUT2D eigenvalue weighted by molar-refractivity contribution is -0.152. The fourth-order valence-corrected chi connectivity index (χ4v) is 7.31. The second-order valence-electron chi connectivity index (χ2n) is 12.3. The third-order valence-electron chi connectivity index (χ3n) is 7.58. The van der Waals surface area contributed by atoms with Crippen LogP contribution in [0.4, 0.5) is 4.79 Å². The van der Waals surface area contributed by atoms with Crippen LogP contribution in [0.25, 0.3) is 0 Å². The molecule has 174 valence electrons. The van der Waals surface area contributed by atoms with Crippen molar-refractivity contribution in [3.8, 4) is 0 Å². The summed E-state index contributed by atoms with van der Waals surface area (Å²) in [5.74, 6) is 0.670. The van der Waals surface area contributed by atoms with Crippen LogP contribution >= 0.6 is 0 Å². The molecule has 0 aromatic rings. The zero-order valence-electron chi connectivity index (χ0n) is 21.0. The summed E-state index contributed by atoms with van der Waals surface area (Å²) >= 11 is 0. The Hall–Kier alpha value is -0.883. The van der Waals surface area contributed by atoms with Gasteiger partial charge in [-0.1, -0.05) is 34.1 Å². The Morgan fingerprint density at radius 3 is 2.17 bits per heavy atom. The number of carbonyl (C=O) groups is 2. The Kier molecular flexibility index (Phi) is 6.96. The van der Waals surface area contributed by atoms with E-state index in [4.69, 9.17) is 9.16 Å². The Labute approximate surface area is 185 Å². The van der Waals surface area contributed by atoms with Crippen LogP contribution < -0.4 is 5.32 Å². The largest absolute Gasteiger partial charge is 0.444 e. The zero-order chi connectivity index (χ0) is 23.2. The number of ether oxygens (including phenoxy) is 1. The number of rotatable bonds is 8. The lowest BCUT2D eigenvalue weighted by atomic mass is 9.62. The van der Waals surface area contributed by atoms with Crippen LogP contribution in [0.2, 0.25) is 19.6 Å². The smallest absolute Gasteiger partial charge is 0.407 e. The normalized spacial score (nSPS) is 31.5. The van der Waals surface area contributed by atoms with Crippen molar-refractivity contribution in [3.63, 3.8) is 0 Å². The first-order valence-corrected chi connectivity index (χ1v) is 15.1. The minimum Gasteiger partial charge on any atom is -0.444 e. The molecule has 4 atom stereocenters. The highest BCUT2D eigenvalue weighted by Crippen LogP contribution is 2.71. The number of fused-ring (bicyclic) bond motifs is 2. The molecule has 0 saturated heterocycles. The van der Waals surface area contributed by atoms with Crippen molar-refractivity contribution in [2.45, 2.75) is 124 Å². The molecular formula is C24H45NO4Si. The number of Topliss-reactive ketones (excluding diaryl/α,β-unsaturated/α-hetero) is 1. The Balaban J connectivity index is 2.29. The summed E-state index contributed by atoms with van der Waals surface area (Å²) in [6, 6.07) is -0.231. The average molecular weight is 440 g/mol. The van der Waals surface area contributed by atoms with E-state index in [0.717, 1.165) is 25.7 Å². The van der Waals surface area contributed by atoms with E-state index in [1.54, 1.807) is 0 Å². The second kappa shape index (κ2) is 8.23. The van der Waals surface area contributed by atoms with E-state index >= 15 is 0 Å². The molecule has 2 saturated carbocycles. The molecule has 5 nitrogen and oxygen atoms in total. The molecule has 0 heterocycles. The highest BCUT2D eigenvalue weighted by atomic mass is 28.4. The fourth-order valence-electron chi connectivity index (χ4n) is 5.84. The highest BCUT2D eigenvalue weighted by molar-refractivity contribution is 6.70. The van der Waals surface area contributed by atoms with Gasteiger partial charge in [-0.15, -0.1) is 0 Å². The van der Waals surface area contributed by atoms with Crippen LogP contribution in [0.3, 0.4) is 0 Å². The third kappa shape index (κ3) is 4.79. The molecule has 2 aliphatic rings. The second-order valence-corrected chi connectivity index (χ2v) is 16.7. The van der Waals surface area contributed by atoms with Crippen molar-refractivity contribution in [2.24, 2.45) is 16.7 Å². The van der Waals surface area contributed by atoms with Gasteiger partial charge in [0.2, 0.25) is 0 Å². The van der Waals surface area contributed by atoms with Gasteiger partial charge < -0.3 is 14.5 Å². The Morgan fingerprint density at radius 2 is 1.77 bits per heavy atom. The number of alkyl carbamates (subject to hydrolysis) is 1. The van der Waals surface area contributed by atoms with Crippen LogP contribution in [-0.4, -0.2) is 37.4 Å². The molecule has 30 heavy (non-hydrogen) atoms. The molecule has 2 rings (SSSR count). The van der Waals surface area contributed by atoms with Crippen molar-refractivity contribution in [2.75, 3.05) is 0 Å². The van der Waals surface area contributed by atoms with E-state index in [9.17, 15) is 9.59 Å². The molecule has 0 unspecified atom stereocenters. The summed E-state index contributed by atoms with van der Waals surface area (Å²) in [6.07, 6.45) is 4.49. The van der Waals surface area contributed by atoms with E-state index in [0.29, 0.717) is 12.3 Å². The first-order chi connectivity index (χ1) is 13.5. The van der Waals surface area contributed by atoms with Gasteiger partial charge in [0.25, 0.3) is 0 Å². The number of carbonyl (C=O) groups excluding carboxylic acids is 2. The van der Waals surface area contributed by atoms with Crippen LogP contribution in [0, 0.1) is 16.7 Å². The molecule has 1 N–H and O–H groups in total. The van der Waals surface area contributed by atoms with E-state index in [1.165, 1.54) is 6.42 Å². The first-order valence-electron chi connectivity index (χ1n) is 11.7. The monoisotopic (exact) mass is 439 g/mol. The Bertz CT molecular complexity index is 663. The van der Waals surface area contributed by atoms with Gasteiger partial charge in [-0.2, -0.15) is 0 Å². The van der Waals surface area contributed by atoms with Gasteiger partial charge in [-0.3, -0.25) is 4.79 Å². The summed E-state index contributed by atoms with van der Waals surface area (Å²) < 4.78 is 12.3. The Morgan fingerprint density at radius 1 is 1.17 bits per heavy atom. The van der Waals surface area contributed by atoms with Crippen LogP contribution in [0.5, 0.6) is 0 Å². The summed E-state index contributed by atoms with van der Waals surface area (Å²) in [6.45, 7) is 21.0. The van der Waals surface area contributed by atoms with E-state index < -0.39 is 25.6 Å². The predicted octanol–water partition coefficient (Wildman–Crippen LogP) is 6.08. The maximum absolute atomic E-state index is 14.0. The molecule has 6 heteroatoms. The summed E-state index contributed by atoms with van der Waals surface area (Å²) in [5, 5.41) is 2.96. The highest BCUT2D eigenvalue weighted by Gasteiger charge is 2.72. The van der Waals surface area contributed by atoms with Crippen molar-refractivity contribution in [1.82, 2.24) is 5.32 Å². The first kappa shape index (κ1) is 25.4. The molecule has 2 aliphatic carbocycles. The van der Waals surface area contributed by atoms with Crippen LogP contribution in [0.1, 0.15) is 87.0 Å². The topological polar surface area (TPSA) is 64.6 Å². The summed E-state index contributed by atoms with van der Waals surface area (Å²) in [5.41, 5.74) is -1.41. The van der Waals surface area contributed by atoms with Crippen molar-refractivity contribution >= 4 is 20.2 Å².